The van der Waals surface area contributed by atoms with E-state index in [1.165, 1.54) is 0 Å². The molecule has 0 aliphatic rings. The van der Waals surface area contributed by atoms with Crippen LogP contribution in [0.3, 0.4) is 0 Å². The highest BCUT2D eigenvalue weighted by Crippen LogP contribution is 2.35. The van der Waals surface area contributed by atoms with Crippen LogP contribution in [0.5, 0.6) is 5.75 Å². The molecular formula is C13H19ClO2. The summed E-state index contributed by atoms with van der Waals surface area (Å²) in [6.07, 6.45) is 0.860. The first-order chi connectivity index (χ1) is 7.46. The van der Waals surface area contributed by atoms with Crippen molar-refractivity contribution in [2.24, 2.45) is 0 Å². The minimum atomic E-state index is -0.302. The molecule has 1 rings (SSSR count). The molecule has 0 aliphatic heterocycles. The molecular weight excluding hydrogens is 224 g/mol. The summed E-state index contributed by atoms with van der Waals surface area (Å²) in [4.78, 5) is 0. The Kier molecular flexibility index (Phi) is 4.22. The molecule has 0 aromatic heterocycles. The molecule has 1 aromatic carbocycles. The molecule has 0 bridgehead atoms. The van der Waals surface area contributed by atoms with E-state index in [-0.39, 0.29) is 12.0 Å². The van der Waals surface area contributed by atoms with Gasteiger partial charge >= 0.3 is 0 Å². The van der Waals surface area contributed by atoms with E-state index < -0.39 is 0 Å². The van der Waals surface area contributed by atoms with Crippen molar-refractivity contribution in [1.29, 1.82) is 0 Å². The Hall–Kier alpha value is -0.730. The summed E-state index contributed by atoms with van der Waals surface area (Å²) in [7, 11) is 1.64. The molecule has 16 heavy (non-hydrogen) atoms. The highest BCUT2D eigenvalue weighted by Gasteiger charge is 2.24. The summed E-state index contributed by atoms with van der Waals surface area (Å²) in [6, 6.07) is 3.73. The number of aliphatic hydroxyl groups excluding tert-OH is 1. The van der Waals surface area contributed by atoms with Crippen LogP contribution in [0, 0.1) is 0 Å². The summed E-state index contributed by atoms with van der Waals surface area (Å²) in [6.45, 7) is 6.15. The molecule has 0 saturated carbocycles. The molecule has 0 radical (unpaired) electrons. The third kappa shape index (κ3) is 2.50. The molecule has 0 unspecified atom stereocenters. The van der Waals surface area contributed by atoms with Gasteiger partial charge in [-0.3, -0.25) is 0 Å². The van der Waals surface area contributed by atoms with Crippen LogP contribution in [-0.2, 0) is 11.8 Å². The van der Waals surface area contributed by atoms with Crippen molar-refractivity contribution in [3.05, 3.63) is 28.3 Å². The van der Waals surface area contributed by atoms with E-state index in [1.807, 2.05) is 26.0 Å². The van der Waals surface area contributed by atoms with Crippen LogP contribution in [0.25, 0.3) is 0 Å². The van der Waals surface area contributed by atoms with Crippen molar-refractivity contribution < 1.29 is 9.84 Å². The molecule has 3 heteroatoms. The maximum atomic E-state index is 9.44. The van der Waals surface area contributed by atoms with Crippen LogP contribution in [0.1, 0.15) is 31.9 Å². The molecule has 0 amide bonds. The number of benzene rings is 1. The lowest BCUT2D eigenvalue weighted by molar-refractivity contribution is 0.217. The predicted molar refractivity (Wildman–Crippen MR) is 67.5 cm³/mol. The third-order valence-electron chi connectivity index (χ3n) is 2.87. The highest BCUT2D eigenvalue weighted by atomic mass is 35.5. The normalized spacial score (nSPS) is 11.6. The van der Waals surface area contributed by atoms with Crippen molar-refractivity contribution in [3.8, 4) is 5.75 Å². The van der Waals surface area contributed by atoms with Crippen LogP contribution in [0.4, 0.5) is 0 Å². The second kappa shape index (κ2) is 5.07. The van der Waals surface area contributed by atoms with Gasteiger partial charge in [0.05, 0.1) is 13.7 Å². The zero-order chi connectivity index (χ0) is 12.3. The third-order valence-corrected chi connectivity index (χ3v) is 3.09. The number of methoxy groups -OCH3 is 1. The van der Waals surface area contributed by atoms with Gasteiger partial charge < -0.3 is 9.84 Å². The Morgan fingerprint density at radius 2 is 2.00 bits per heavy atom. The summed E-state index contributed by atoms with van der Waals surface area (Å²) in [5.74, 6) is 0.798. The molecule has 0 heterocycles. The molecule has 1 aromatic rings. The molecule has 1 N–H and O–H groups in total. The van der Waals surface area contributed by atoms with E-state index in [0.717, 1.165) is 23.3 Å². The lowest BCUT2D eigenvalue weighted by Gasteiger charge is -2.26. The van der Waals surface area contributed by atoms with Gasteiger partial charge in [-0.2, -0.15) is 0 Å². The van der Waals surface area contributed by atoms with Crippen molar-refractivity contribution in [2.75, 3.05) is 13.7 Å². The van der Waals surface area contributed by atoms with Crippen LogP contribution >= 0.6 is 11.6 Å². The van der Waals surface area contributed by atoms with Gasteiger partial charge in [-0.1, -0.05) is 32.4 Å². The number of halogens is 1. The first kappa shape index (κ1) is 13.3. The van der Waals surface area contributed by atoms with Gasteiger partial charge in [0.15, 0.2) is 0 Å². The zero-order valence-electron chi connectivity index (χ0n) is 10.3. The largest absolute Gasteiger partial charge is 0.496 e. The van der Waals surface area contributed by atoms with E-state index in [1.54, 1.807) is 7.11 Å². The standard InChI is InChI=1S/C13H19ClO2/c1-5-10-11(13(2,3)8-15)6-9(14)7-12(10)16-4/h6-7,15H,5,8H2,1-4H3. The van der Waals surface area contributed by atoms with Gasteiger partial charge in [0.25, 0.3) is 0 Å². The maximum absolute atomic E-state index is 9.44. The minimum Gasteiger partial charge on any atom is -0.496 e. The fourth-order valence-electron chi connectivity index (χ4n) is 1.85. The van der Waals surface area contributed by atoms with Crippen LogP contribution < -0.4 is 4.74 Å². The lowest BCUT2D eigenvalue weighted by Crippen LogP contribution is -2.24. The summed E-state index contributed by atoms with van der Waals surface area (Å²) >= 11 is 6.06. The Morgan fingerprint density at radius 1 is 1.38 bits per heavy atom. The van der Waals surface area contributed by atoms with Crippen molar-refractivity contribution >= 4 is 11.6 Å². The number of aliphatic hydroxyl groups is 1. The average molecular weight is 243 g/mol. The molecule has 90 valence electrons. The molecule has 0 aliphatic carbocycles. The molecule has 2 nitrogen and oxygen atoms in total. The van der Waals surface area contributed by atoms with E-state index >= 15 is 0 Å². The van der Waals surface area contributed by atoms with Crippen molar-refractivity contribution in [3.63, 3.8) is 0 Å². The Balaban J connectivity index is 3.42. The number of ether oxygens (including phenoxy) is 1. The summed E-state index contributed by atoms with van der Waals surface area (Å²) in [5, 5.41) is 10.1. The zero-order valence-corrected chi connectivity index (χ0v) is 11.1. The van der Waals surface area contributed by atoms with Gasteiger partial charge in [0.2, 0.25) is 0 Å². The molecule has 0 spiro atoms. The van der Waals surface area contributed by atoms with Crippen LogP contribution in [0.15, 0.2) is 12.1 Å². The van der Waals surface area contributed by atoms with Crippen LogP contribution in [0.2, 0.25) is 5.02 Å². The number of hydrogen-bond acceptors (Lipinski definition) is 2. The quantitative estimate of drug-likeness (QED) is 0.879. The lowest BCUT2D eigenvalue weighted by atomic mass is 9.81. The molecule has 0 saturated heterocycles. The van der Waals surface area contributed by atoms with E-state index in [0.29, 0.717) is 5.02 Å². The first-order valence-corrected chi connectivity index (χ1v) is 5.81. The molecule has 0 atom stereocenters. The summed E-state index contributed by atoms with van der Waals surface area (Å²) < 4.78 is 5.33. The van der Waals surface area contributed by atoms with Crippen LogP contribution in [-0.4, -0.2) is 18.8 Å². The average Bonchev–Trinajstić information content (AvgIpc) is 2.27. The number of rotatable bonds is 4. The van der Waals surface area contributed by atoms with Gasteiger partial charge in [-0.05, 0) is 29.7 Å². The minimum absolute atomic E-state index is 0.0868. The first-order valence-electron chi connectivity index (χ1n) is 5.44. The smallest absolute Gasteiger partial charge is 0.123 e. The van der Waals surface area contributed by atoms with Gasteiger partial charge in [-0.25, -0.2) is 0 Å². The second-order valence-electron chi connectivity index (χ2n) is 4.53. The van der Waals surface area contributed by atoms with E-state index in [9.17, 15) is 5.11 Å². The Bertz CT molecular complexity index is 372. The fraction of sp³-hybridized carbons (Fsp3) is 0.538. The SMILES string of the molecule is CCc1c(OC)cc(Cl)cc1C(C)(C)CO. The van der Waals surface area contributed by atoms with Gasteiger partial charge in [-0.15, -0.1) is 0 Å². The molecule has 0 fully saturated rings. The second-order valence-corrected chi connectivity index (χ2v) is 4.97. The Labute approximate surface area is 102 Å². The van der Waals surface area contributed by atoms with Crippen molar-refractivity contribution in [1.82, 2.24) is 0 Å². The topological polar surface area (TPSA) is 29.5 Å². The van der Waals surface area contributed by atoms with Crippen molar-refractivity contribution in [2.45, 2.75) is 32.6 Å². The highest BCUT2D eigenvalue weighted by molar-refractivity contribution is 6.30. The van der Waals surface area contributed by atoms with E-state index in [4.69, 9.17) is 16.3 Å². The van der Waals surface area contributed by atoms with E-state index in [2.05, 4.69) is 6.92 Å². The fourth-order valence-corrected chi connectivity index (χ4v) is 2.06. The maximum Gasteiger partial charge on any atom is 0.123 e. The summed E-state index contributed by atoms with van der Waals surface area (Å²) in [5.41, 5.74) is 1.87. The Morgan fingerprint density at radius 3 is 2.44 bits per heavy atom. The van der Waals surface area contributed by atoms with Gasteiger partial charge in [0, 0.05) is 10.4 Å². The monoisotopic (exact) mass is 242 g/mol. The van der Waals surface area contributed by atoms with Gasteiger partial charge in [0.1, 0.15) is 5.75 Å². The number of hydrogen-bond donors (Lipinski definition) is 1. The predicted octanol–water partition coefficient (Wildman–Crippen LogP) is 3.18.